The van der Waals surface area contributed by atoms with E-state index in [1.165, 1.54) is 12.1 Å². The Kier molecular flexibility index (Phi) is 3.71. The van der Waals surface area contributed by atoms with Crippen LogP contribution >= 0.6 is 11.6 Å². The maximum atomic E-state index is 12.5. The zero-order chi connectivity index (χ0) is 15.9. The van der Waals surface area contributed by atoms with Crippen LogP contribution in [0.15, 0.2) is 27.4 Å². The van der Waals surface area contributed by atoms with Gasteiger partial charge in [0.05, 0.1) is 5.02 Å². The molecule has 0 saturated carbocycles. The fourth-order valence-electron chi connectivity index (χ4n) is 1.76. The average Bonchev–Trinajstić information content (AvgIpc) is 2.36. The number of carbonyl (C=O) groups is 1. The van der Waals surface area contributed by atoms with E-state index in [0.717, 1.165) is 0 Å². The molecule has 0 spiro atoms. The van der Waals surface area contributed by atoms with Gasteiger partial charge in [-0.3, -0.25) is 4.79 Å². The fourth-order valence-corrected chi connectivity index (χ4v) is 2.08. The van der Waals surface area contributed by atoms with E-state index in [-0.39, 0.29) is 11.0 Å². The van der Waals surface area contributed by atoms with E-state index in [1.807, 2.05) is 0 Å². The number of alkyl halides is 3. The third-order valence-corrected chi connectivity index (χ3v) is 3.22. The highest BCUT2D eigenvalue weighted by Crippen LogP contribution is 2.31. The first-order valence-electron chi connectivity index (χ1n) is 5.68. The van der Waals surface area contributed by atoms with E-state index >= 15 is 0 Å². The number of fused-ring (bicyclic) bond motifs is 1. The fraction of sp³-hybridized carbons (Fsp3) is 0.231. The van der Waals surface area contributed by atoms with Gasteiger partial charge in [-0.25, -0.2) is 4.79 Å². The lowest BCUT2D eigenvalue weighted by Crippen LogP contribution is -2.28. The van der Waals surface area contributed by atoms with Crippen molar-refractivity contribution in [3.63, 3.8) is 0 Å². The number of carbonyl (C=O) groups excluding carboxylic acids is 1. The second-order valence-corrected chi connectivity index (χ2v) is 4.86. The molecule has 0 radical (unpaired) electrons. The molecule has 1 aromatic heterocycles. The Hall–Kier alpha value is -2.02. The van der Waals surface area contributed by atoms with Crippen LogP contribution in [0.4, 0.5) is 18.9 Å². The zero-order valence-corrected chi connectivity index (χ0v) is 11.7. The van der Waals surface area contributed by atoms with Crippen molar-refractivity contribution in [2.45, 2.75) is 6.18 Å². The average molecular weight is 320 g/mol. The number of halogens is 4. The van der Waals surface area contributed by atoms with Gasteiger partial charge in [-0.2, -0.15) is 13.2 Å². The Labute approximate surface area is 121 Å². The molecule has 4 nitrogen and oxygen atoms in total. The van der Waals surface area contributed by atoms with Crippen LogP contribution < -0.4 is 10.5 Å². The highest BCUT2D eigenvalue weighted by atomic mass is 35.5. The number of hydrogen-bond acceptors (Lipinski definition) is 4. The molecule has 0 fully saturated rings. The molecule has 0 unspecified atom stereocenters. The molecule has 0 aliphatic heterocycles. The van der Waals surface area contributed by atoms with Crippen molar-refractivity contribution in [1.82, 2.24) is 0 Å². The molecule has 1 aromatic carbocycles. The molecule has 21 heavy (non-hydrogen) atoms. The van der Waals surface area contributed by atoms with Gasteiger partial charge in [-0.15, -0.1) is 0 Å². The van der Waals surface area contributed by atoms with Crippen LogP contribution in [0.2, 0.25) is 5.02 Å². The summed E-state index contributed by atoms with van der Waals surface area (Å²) in [6.45, 7) is 0. The van der Waals surface area contributed by atoms with Crippen LogP contribution in [0, 0.1) is 0 Å². The summed E-state index contributed by atoms with van der Waals surface area (Å²) in [5, 5.41) is -0.497. The first-order valence-corrected chi connectivity index (χ1v) is 6.06. The predicted molar refractivity (Wildman–Crippen MR) is 72.2 cm³/mol. The lowest BCUT2D eigenvalue weighted by Gasteiger charge is -2.13. The summed E-state index contributed by atoms with van der Waals surface area (Å²) < 4.78 is 42.2. The van der Waals surface area contributed by atoms with Gasteiger partial charge in [0.25, 0.3) is 5.78 Å². The molecule has 2 aromatic rings. The van der Waals surface area contributed by atoms with Gasteiger partial charge >= 0.3 is 11.8 Å². The second kappa shape index (κ2) is 5.07. The van der Waals surface area contributed by atoms with Crippen LogP contribution in [0.3, 0.4) is 0 Å². The number of ketones is 1. The molecule has 0 amide bonds. The summed E-state index contributed by atoms with van der Waals surface area (Å²) >= 11 is 5.79. The molecule has 112 valence electrons. The summed E-state index contributed by atoms with van der Waals surface area (Å²) in [6.07, 6.45) is -5.20. The molecule has 0 bridgehead atoms. The molecule has 8 heteroatoms. The number of nitrogens with zero attached hydrogens (tertiary/aromatic N) is 1. The van der Waals surface area contributed by atoms with Gasteiger partial charge in [0.15, 0.2) is 0 Å². The molecule has 0 aliphatic rings. The van der Waals surface area contributed by atoms with Crippen molar-refractivity contribution < 1.29 is 22.4 Å². The van der Waals surface area contributed by atoms with Crippen LogP contribution in [-0.2, 0) is 0 Å². The Morgan fingerprint density at radius 1 is 1.29 bits per heavy atom. The maximum Gasteiger partial charge on any atom is 0.455 e. The number of hydrogen-bond donors (Lipinski definition) is 0. The highest BCUT2D eigenvalue weighted by molar-refractivity contribution is 6.38. The molecule has 0 N–H and O–H groups in total. The summed E-state index contributed by atoms with van der Waals surface area (Å²) in [7, 11) is 3.48. The third kappa shape index (κ3) is 2.73. The minimum atomic E-state index is -5.20. The van der Waals surface area contributed by atoms with Gasteiger partial charge < -0.3 is 9.32 Å². The van der Waals surface area contributed by atoms with Crippen molar-refractivity contribution >= 4 is 34.0 Å². The third-order valence-electron chi connectivity index (χ3n) is 2.83. The van der Waals surface area contributed by atoms with E-state index in [1.54, 1.807) is 25.1 Å². The largest absolute Gasteiger partial charge is 0.455 e. The van der Waals surface area contributed by atoms with Crippen LogP contribution in [0.1, 0.15) is 10.4 Å². The van der Waals surface area contributed by atoms with Crippen molar-refractivity contribution in [1.29, 1.82) is 0 Å². The zero-order valence-electron chi connectivity index (χ0n) is 10.9. The predicted octanol–water partition coefficient (Wildman–Crippen LogP) is 3.26. The molecule has 2 rings (SSSR count). The number of benzene rings is 1. The molecular weight excluding hydrogens is 311 g/mol. The lowest BCUT2D eigenvalue weighted by atomic mass is 10.1. The minimum absolute atomic E-state index is 0.00919. The maximum absolute atomic E-state index is 12.5. The van der Waals surface area contributed by atoms with E-state index in [0.29, 0.717) is 5.69 Å². The normalized spacial score (nSPS) is 11.7. The van der Waals surface area contributed by atoms with Gasteiger partial charge in [0, 0.05) is 31.2 Å². The van der Waals surface area contributed by atoms with E-state index in [2.05, 4.69) is 0 Å². The van der Waals surface area contributed by atoms with E-state index in [9.17, 15) is 22.8 Å². The molecule has 0 atom stereocenters. The Bertz CT molecular complexity index is 781. The Morgan fingerprint density at radius 2 is 1.90 bits per heavy atom. The summed E-state index contributed by atoms with van der Waals surface area (Å²) in [6, 6.07) is 4.42. The number of Topliss-reactive ketones (excluding diaryl/α,β-unsaturated/α-hetero) is 1. The van der Waals surface area contributed by atoms with Crippen LogP contribution in [0.5, 0.6) is 0 Å². The molecular formula is C13H9ClF3NO3. The summed E-state index contributed by atoms with van der Waals surface area (Å²) in [5.74, 6) is -2.32. The van der Waals surface area contributed by atoms with Gasteiger partial charge in [0.2, 0.25) is 0 Å². The van der Waals surface area contributed by atoms with Gasteiger partial charge in [-0.05, 0) is 12.1 Å². The summed E-state index contributed by atoms with van der Waals surface area (Å²) in [5.41, 5.74) is -1.94. The topological polar surface area (TPSA) is 50.5 Å². The molecule has 0 saturated heterocycles. The first-order chi connectivity index (χ1) is 9.62. The molecule has 1 heterocycles. The highest BCUT2D eigenvalue weighted by Gasteiger charge is 2.42. The van der Waals surface area contributed by atoms with Gasteiger partial charge in [-0.1, -0.05) is 11.6 Å². The quantitative estimate of drug-likeness (QED) is 0.630. The minimum Gasteiger partial charge on any atom is -0.422 e. The van der Waals surface area contributed by atoms with Crippen molar-refractivity contribution in [2.24, 2.45) is 0 Å². The van der Waals surface area contributed by atoms with Crippen molar-refractivity contribution in [3.8, 4) is 0 Å². The standard InChI is InChI=1S/C13H9ClF3NO3/c1-18(2)6-3-4-7-8(5-6)21-12(20)9(10(7)14)11(19)13(15,16)17/h3-5H,1-2H3. The van der Waals surface area contributed by atoms with Crippen molar-refractivity contribution in [3.05, 3.63) is 39.2 Å². The Balaban J connectivity index is 2.75. The van der Waals surface area contributed by atoms with E-state index in [4.69, 9.17) is 16.0 Å². The van der Waals surface area contributed by atoms with Crippen LogP contribution in [-0.4, -0.2) is 26.1 Å². The smallest absolute Gasteiger partial charge is 0.422 e. The number of anilines is 1. The Morgan fingerprint density at radius 3 is 2.43 bits per heavy atom. The number of rotatable bonds is 2. The SMILES string of the molecule is CN(C)c1ccc2c(Cl)c(C(=O)C(F)(F)F)c(=O)oc2c1. The van der Waals surface area contributed by atoms with Crippen LogP contribution in [0.25, 0.3) is 11.0 Å². The summed E-state index contributed by atoms with van der Waals surface area (Å²) in [4.78, 5) is 24.6. The molecule has 0 aliphatic carbocycles. The lowest BCUT2D eigenvalue weighted by molar-refractivity contribution is -0.0887. The van der Waals surface area contributed by atoms with Crippen molar-refractivity contribution in [2.75, 3.05) is 19.0 Å². The second-order valence-electron chi connectivity index (χ2n) is 4.48. The monoisotopic (exact) mass is 319 g/mol. The first kappa shape index (κ1) is 15.4. The van der Waals surface area contributed by atoms with E-state index < -0.39 is 28.2 Å². The van der Waals surface area contributed by atoms with Gasteiger partial charge in [0.1, 0.15) is 11.1 Å².